The number of anilines is 1. The van der Waals surface area contributed by atoms with Crippen LogP contribution in [0.15, 0.2) is 27.1 Å². The lowest BCUT2D eigenvalue weighted by Crippen LogP contribution is -2.53. The fourth-order valence-electron chi connectivity index (χ4n) is 2.40. The van der Waals surface area contributed by atoms with Crippen LogP contribution in [0.2, 0.25) is 0 Å². The smallest absolute Gasteiger partial charge is 0.0512 e. The standard InChI is InChI=1S/C14H20Br2N2/c1-3-10(2)13-9-18(7-6-17-13)14-5-4-11(15)8-12(14)16/h4-5,8,10,13,17H,3,6-7,9H2,1-2H3. The summed E-state index contributed by atoms with van der Waals surface area (Å²) in [5.74, 6) is 0.724. The minimum Gasteiger partial charge on any atom is -0.368 e. The van der Waals surface area contributed by atoms with Gasteiger partial charge in [-0.05, 0) is 40.0 Å². The summed E-state index contributed by atoms with van der Waals surface area (Å²) in [5.41, 5.74) is 1.30. The van der Waals surface area contributed by atoms with Gasteiger partial charge < -0.3 is 10.2 Å². The van der Waals surface area contributed by atoms with Crippen LogP contribution >= 0.6 is 31.9 Å². The number of nitrogens with one attached hydrogen (secondary N) is 1. The summed E-state index contributed by atoms with van der Waals surface area (Å²) in [6, 6.07) is 7.02. The van der Waals surface area contributed by atoms with E-state index in [4.69, 9.17) is 0 Å². The number of hydrogen-bond acceptors (Lipinski definition) is 2. The quantitative estimate of drug-likeness (QED) is 0.857. The van der Waals surface area contributed by atoms with Gasteiger partial charge in [-0.15, -0.1) is 0 Å². The van der Waals surface area contributed by atoms with E-state index in [2.05, 4.69) is 74.1 Å². The number of piperazine rings is 1. The lowest BCUT2D eigenvalue weighted by atomic mass is 9.97. The lowest BCUT2D eigenvalue weighted by Gasteiger charge is -2.38. The molecule has 100 valence electrons. The highest BCUT2D eigenvalue weighted by Gasteiger charge is 2.24. The Morgan fingerprint density at radius 1 is 1.44 bits per heavy atom. The molecular weight excluding hydrogens is 356 g/mol. The van der Waals surface area contributed by atoms with Crippen LogP contribution in [0.4, 0.5) is 5.69 Å². The Hall–Kier alpha value is -0.0600. The summed E-state index contributed by atoms with van der Waals surface area (Å²) in [4.78, 5) is 2.48. The fraction of sp³-hybridized carbons (Fsp3) is 0.571. The zero-order chi connectivity index (χ0) is 13.1. The van der Waals surface area contributed by atoms with E-state index in [1.54, 1.807) is 0 Å². The average molecular weight is 376 g/mol. The molecule has 2 unspecified atom stereocenters. The van der Waals surface area contributed by atoms with Gasteiger partial charge in [-0.2, -0.15) is 0 Å². The van der Waals surface area contributed by atoms with Gasteiger partial charge in [0.15, 0.2) is 0 Å². The summed E-state index contributed by atoms with van der Waals surface area (Å²) in [7, 11) is 0. The molecular formula is C14H20Br2N2. The number of nitrogens with zero attached hydrogens (tertiary/aromatic N) is 1. The summed E-state index contributed by atoms with van der Waals surface area (Å²) in [5, 5.41) is 3.63. The van der Waals surface area contributed by atoms with Crippen molar-refractivity contribution in [2.75, 3.05) is 24.5 Å². The first-order chi connectivity index (χ1) is 8.61. The zero-order valence-corrected chi connectivity index (χ0v) is 14.1. The maximum Gasteiger partial charge on any atom is 0.0512 e. The van der Waals surface area contributed by atoms with Crippen LogP contribution in [-0.2, 0) is 0 Å². The van der Waals surface area contributed by atoms with Gasteiger partial charge in [0.2, 0.25) is 0 Å². The first kappa shape index (κ1) is 14.4. The minimum atomic E-state index is 0.597. The van der Waals surface area contributed by atoms with Crippen molar-refractivity contribution in [3.05, 3.63) is 27.1 Å². The molecule has 0 saturated carbocycles. The lowest BCUT2D eigenvalue weighted by molar-refractivity contribution is 0.341. The van der Waals surface area contributed by atoms with E-state index in [1.807, 2.05) is 0 Å². The summed E-state index contributed by atoms with van der Waals surface area (Å²) < 4.78 is 2.29. The molecule has 1 N–H and O–H groups in total. The van der Waals surface area contributed by atoms with Crippen LogP contribution < -0.4 is 10.2 Å². The zero-order valence-electron chi connectivity index (χ0n) is 10.9. The molecule has 1 aliphatic rings. The topological polar surface area (TPSA) is 15.3 Å². The third-order valence-electron chi connectivity index (χ3n) is 3.79. The Kier molecular flexibility index (Phi) is 5.10. The van der Waals surface area contributed by atoms with Crippen molar-refractivity contribution < 1.29 is 0 Å². The van der Waals surface area contributed by atoms with Crippen molar-refractivity contribution in [1.82, 2.24) is 5.32 Å². The molecule has 18 heavy (non-hydrogen) atoms. The van der Waals surface area contributed by atoms with Gasteiger partial charge in [-0.3, -0.25) is 0 Å². The maximum atomic E-state index is 3.66. The highest BCUT2D eigenvalue weighted by Crippen LogP contribution is 2.30. The van der Waals surface area contributed by atoms with Crippen molar-refractivity contribution in [3.63, 3.8) is 0 Å². The second kappa shape index (κ2) is 6.40. The van der Waals surface area contributed by atoms with Crippen molar-refractivity contribution in [2.24, 2.45) is 5.92 Å². The van der Waals surface area contributed by atoms with E-state index in [0.717, 1.165) is 30.0 Å². The minimum absolute atomic E-state index is 0.597. The van der Waals surface area contributed by atoms with Crippen molar-refractivity contribution >= 4 is 37.5 Å². The van der Waals surface area contributed by atoms with Crippen molar-refractivity contribution in [2.45, 2.75) is 26.3 Å². The Morgan fingerprint density at radius 3 is 2.89 bits per heavy atom. The second-order valence-electron chi connectivity index (χ2n) is 4.99. The van der Waals surface area contributed by atoms with Gasteiger partial charge in [0, 0.05) is 34.6 Å². The average Bonchev–Trinajstić information content (AvgIpc) is 2.38. The van der Waals surface area contributed by atoms with Crippen LogP contribution in [0.1, 0.15) is 20.3 Å². The molecule has 1 aromatic carbocycles. The molecule has 2 atom stereocenters. The normalized spacial score (nSPS) is 22.0. The van der Waals surface area contributed by atoms with Gasteiger partial charge in [-0.1, -0.05) is 36.2 Å². The van der Waals surface area contributed by atoms with Gasteiger partial charge in [-0.25, -0.2) is 0 Å². The molecule has 0 aliphatic carbocycles. The number of hydrogen-bond donors (Lipinski definition) is 1. The van der Waals surface area contributed by atoms with Gasteiger partial charge >= 0.3 is 0 Å². The van der Waals surface area contributed by atoms with Gasteiger partial charge in [0.05, 0.1) is 5.69 Å². The van der Waals surface area contributed by atoms with Crippen molar-refractivity contribution in [3.8, 4) is 0 Å². The Balaban J connectivity index is 2.13. The van der Waals surface area contributed by atoms with E-state index < -0.39 is 0 Å². The molecule has 1 saturated heterocycles. The first-order valence-electron chi connectivity index (χ1n) is 6.55. The van der Waals surface area contributed by atoms with Gasteiger partial charge in [0.25, 0.3) is 0 Å². The predicted octanol–water partition coefficient (Wildman–Crippen LogP) is 4.04. The largest absolute Gasteiger partial charge is 0.368 e. The summed E-state index contributed by atoms with van der Waals surface area (Å²) in [6.07, 6.45) is 1.23. The SMILES string of the molecule is CCC(C)C1CN(c2ccc(Br)cc2Br)CCN1. The number of benzene rings is 1. The monoisotopic (exact) mass is 374 g/mol. The Labute approximate surface area is 126 Å². The summed E-state index contributed by atoms with van der Waals surface area (Å²) >= 11 is 7.17. The molecule has 1 heterocycles. The third kappa shape index (κ3) is 3.28. The van der Waals surface area contributed by atoms with E-state index in [1.165, 1.54) is 16.6 Å². The van der Waals surface area contributed by atoms with E-state index in [9.17, 15) is 0 Å². The van der Waals surface area contributed by atoms with Crippen LogP contribution in [-0.4, -0.2) is 25.7 Å². The Bertz CT molecular complexity index is 409. The Morgan fingerprint density at radius 2 is 2.22 bits per heavy atom. The molecule has 2 rings (SSSR count). The molecule has 0 spiro atoms. The van der Waals surface area contributed by atoms with E-state index in [-0.39, 0.29) is 0 Å². The molecule has 0 aromatic heterocycles. The highest BCUT2D eigenvalue weighted by molar-refractivity contribution is 9.11. The van der Waals surface area contributed by atoms with Crippen LogP contribution in [0.25, 0.3) is 0 Å². The van der Waals surface area contributed by atoms with E-state index in [0.29, 0.717) is 6.04 Å². The molecule has 0 radical (unpaired) electrons. The highest BCUT2D eigenvalue weighted by atomic mass is 79.9. The first-order valence-corrected chi connectivity index (χ1v) is 8.13. The number of halogens is 2. The van der Waals surface area contributed by atoms with Crippen LogP contribution in [0, 0.1) is 5.92 Å². The molecule has 2 nitrogen and oxygen atoms in total. The summed E-state index contributed by atoms with van der Waals surface area (Å²) in [6.45, 7) is 7.83. The third-order valence-corrected chi connectivity index (χ3v) is 4.91. The van der Waals surface area contributed by atoms with E-state index >= 15 is 0 Å². The molecule has 4 heteroatoms. The van der Waals surface area contributed by atoms with Crippen molar-refractivity contribution in [1.29, 1.82) is 0 Å². The maximum absolute atomic E-state index is 3.66. The van der Waals surface area contributed by atoms with Crippen LogP contribution in [0.3, 0.4) is 0 Å². The number of rotatable bonds is 3. The molecule has 0 bridgehead atoms. The second-order valence-corrected chi connectivity index (χ2v) is 6.76. The van der Waals surface area contributed by atoms with Crippen LogP contribution in [0.5, 0.6) is 0 Å². The molecule has 1 aromatic rings. The van der Waals surface area contributed by atoms with Gasteiger partial charge in [0.1, 0.15) is 0 Å². The molecule has 1 fully saturated rings. The predicted molar refractivity (Wildman–Crippen MR) is 85.3 cm³/mol. The molecule has 1 aliphatic heterocycles. The molecule has 0 amide bonds. The fourth-order valence-corrected chi connectivity index (χ4v) is 3.70.